The van der Waals surface area contributed by atoms with Crippen molar-refractivity contribution in [2.75, 3.05) is 13.7 Å². The lowest BCUT2D eigenvalue weighted by molar-refractivity contribution is -0.134. The van der Waals surface area contributed by atoms with Gasteiger partial charge in [-0.15, -0.1) is 0 Å². The number of ether oxygens (including phenoxy) is 2. The second-order valence-electron chi connectivity index (χ2n) is 12.9. The van der Waals surface area contributed by atoms with Crippen molar-refractivity contribution in [2.24, 2.45) is 5.92 Å². The Bertz CT molecular complexity index is 1620. The fraction of sp³-hybridized carbons (Fsp3) is 0.405. The number of carbonyl (C=O) groups excluding carboxylic acids is 4. The molecule has 0 spiro atoms. The molecule has 4 rings (SSSR count). The normalized spacial score (nSPS) is 20.1. The predicted molar refractivity (Wildman–Crippen MR) is 183 cm³/mol. The highest BCUT2D eigenvalue weighted by atomic mass is 19.1. The van der Waals surface area contributed by atoms with Crippen LogP contribution in [-0.4, -0.2) is 66.4 Å². The molecule has 0 fully saturated rings. The van der Waals surface area contributed by atoms with Crippen molar-refractivity contribution in [1.29, 1.82) is 0 Å². The lowest BCUT2D eigenvalue weighted by Crippen LogP contribution is -2.54. The Labute approximate surface area is 286 Å². The summed E-state index contributed by atoms with van der Waals surface area (Å²) in [6, 6.07) is 17.3. The molecule has 4 N–H and O–H groups in total. The van der Waals surface area contributed by atoms with Crippen LogP contribution in [0.4, 0.5) is 4.39 Å². The molecule has 0 unspecified atom stereocenters. The van der Waals surface area contributed by atoms with Crippen molar-refractivity contribution in [1.82, 2.24) is 26.2 Å². The quantitative estimate of drug-likeness (QED) is 0.269. The zero-order valence-corrected chi connectivity index (χ0v) is 28.6. The van der Waals surface area contributed by atoms with Gasteiger partial charge in [0.15, 0.2) is 11.5 Å². The zero-order chi connectivity index (χ0) is 35.5. The number of nitrogens with zero attached hydrogens (tertiary/aromatic N) is 1. The van der Waals surface area contributed by atoms with E-state index in [1.807, 2.05) is 38.1 Å². The van der Waals surface area contributed by atoms with Gasteiger partial charge in [-0.3, -0.25) is 24.1 Å². The van der Waals surface area contributed by atoms with Crippen molar-refractivity contribution < 1.29 is 33.0 Å². The summed E-state index contributed by atoms with van der Waals surface area (Å²) in [6.07, 6.45) is 0.215. The van der Waals surface area contributed by atoms with Crippen LogP contribution in [0, 0.1) is 11.7 Å². The molecular weight excluding hydrogens is 629 g/mol. The third-order valence-electron chi connectivity index (χ3n) is 7.96. The van der Waals surface area contributed by atoms with Crippen LogP contribution < -0.4 is 30.7 Å². The van der Waals surface area contributed by atoms with Crippen LogP contribution in [0.3, 0.4) is 0 Å². The molecule has 3 aromatic rings. The molecular formula is C37H46FN5O6. The van der Waals surface area contributed by atoms with Gasteiger partial charge in [-0.2, -0.15) is 0 Å². The van der Waals surface area contributed by atoms with E-state index in [1.165, 1.54) is 12.1 Å². The number of halogens is 1. The second-order valence-corrected chi connectivity index (χ2v) is 12.9. The number of para-hydroxylation sites is 2. The lowest BCUT2D eigenvalue weighted by atomic mass is 10.0. The van der Waals surface area contributed by atoms with E-state index < -0.39 is 47.7 Å². The van der Waals surface area contributed by atoms with Gasteiger partial charge in [-0.05, 0) is 68.6 Å². The third kappa shape index (κ3) is 11.3. The minimum atomic E-state index is -0.938. The van der Waals surface area contributed by atoms with E-state index >= 15 is 0 Å². The highest BCUT2D eigenvalue weighted by Crippen LogP contribution is 2.31. The smallest absolute Gasteiger partial charge is 0.242 e. The van der Waals surface area contributed by atoms with E-state index in [0.29, 0.717) is 30.2 Å². The lowest BCUT2D eigenvalue weighted by Gasteiger charge is -2.29. The third-order valence-corrected chi connectivity index (χ3v) is 7.96. The van der Waals surface area contributed by atoms with Crippen molar-refractivity contribution in [3.8, 4) is 17.2 Å². The van der Waals surface area contributed by atoms with Gasteiger partial charge in [0, 0.05) is 19.2 Å². The topological polar surface area (TPSA) is 138 Å². The largest absolute Gasteiger partial charge is 0.488 e. The first-order chi connectivity index (χ1) is 23.4. The maximum atomic E-state index is 13.7. The van der Waals surface area contributed by atoms with Crippen molar-refractivity contribution in [2.45, 2.75) is 77.8 Å². The highest BCUT2D eigenvalue weighted by molar-refractivity contribution is 5.93. The van der Waals surface area contributed by atoms with E-state index in [9.17, 15) is 23.6 Å². The van der Waals surface area contributed by atoms with Crippen LogP contribution in [0.15, 0.2) is 72.8 Å². The standard InChI is InChI=1S/C37H46FN5O6/c1-23(2)16-30-36(46)39-20-26-10-8-11-27(17-26)21-43(5)31(19-34(44)41-25(4)35(45)42-30)37(47)40-24(3)22-48-32-14-6-7-15-33(32)49-29-13-9-12-28(38)18-29/h6-15,17-18,23-25,30-31H,16,19-22H2,1-5H3,(H,39,46)(H,40,47)(H,41,44)(H,42,45)/t24-,25+,30+,31+/m1/s1. The first-order valence-corrected chi connectivity index (χ1v) is 16.5. The molecule has 262 valence electrons. The Morgan fingerprint density at radius 3 is 2.39 bits per heavy atom. The minimum absolute atomic E-state index is 0.0837. The van der Waals surface area contributed by atoms with E-state index in [1.54, 1.807) is 62.2 Å². The molecule has 1 aliphatic rings. The Morgan fingerprint density at radius 1 is 0.939 bits per heavy atom. The molecule has 49 heavy (non-hydrogen) atoms. The fourth-order valence-electron chi connectivity index (χ4n) is 5.45. The van der Waals surface area contributed by atoms with Crippen LogP contribution in [0.25, 0.3) is 0 Å². The number of nitrogens with one attached hydrogen (secondary N) is 4. The van der Waals surface area contributed by atoms with E-state index in [-0.39, 0.29) is 31.4 Å². The molecule has 1 aliphatic heterocycles. The number of amides is 4. The van der Waals surface area contributed by atoms with Crippen LogP contribution in [0.1, 0.15) is 51.7 Å². The first-order valence-electron chi connectivity index (χ1n) is 16.5. The van der Waals surface area contributed by atoms with Gasteiger partial charge in [-0.25, -0.2) is 4.39 Å². The number of rotatable bonds is 9. The van der Waals surface area contributed by atoms with Gasteiger partial charge in [-0.1, -0.05) is 56.3 Å². The summed E-state index contributed by atoms with van der Waals surface area (Å²) >= 11 is 0. The Morgan fingerprint density at radius 2 is 1.65 bits per heavy atom. The number of carbonyl (C=O) groups is 4. The predicted octanol–water partition coefficient (Wildman–Crippen LogP) is 4.06. The van der Waals surface area contributed by atoms with Gasteiger partial charge in [0.05, 0.1) is 18.5 Å². The summed E-state index contributed by atoms with van der Waals surface area (Å²) in [5.74, 6) is -0.855. The first kappa shape index (κ1) is 36.9. The Hall–Kier alpha value is -4.97. The summed E-state index contributed by atoms with van der Waals surface area (Å²) in [5, 5.41) is 11.3. The molecule has 2 bridgehead atoms. The van der Waals surface area contributed by atoms with Crippen molar-refractivity contribution in [3.63, 3.8) is 0 Å². The maximum Gasteiger partial charge on any atom is 0.242 e. The molecule has 11 nitrogen and oxygen atoms in total. The summed E-state index contributed by atoms with van der Waals surface area (Å²) in [5.41, 5.74) is 1.76. The van der Waals surface area contributed by atoms with Gasteiger partial charge in [0.25, 0.3) is 0 Å². The zero-order valence-electron chi connectivity index (χ0n) is 28.6. The number of benzene rings is 3. The number of fused-ring (bicyclic) bond motifs is 2. The fourth-order valence-corrected chi connectivity index (χ4v) is 5.45. The Kier molecular flexibility index (Phi) is 13.1. The van der Waals surface area contributed by atoms with E-state index in [0.717, 1.165) is 11.1 Å². The van der Waals surface area contributed by atoms with Crippen LogP contribution in [0.5, 0.6) is 17.2 Å². The molecule has 0 saturated carbocycles. The van der Waals surface area contributed by atoms with Gasteiger partial charge >= 0.3 is 0 Å². The van der Waals surface area contributed by atoms with Crippen LogP contribution in [0.2, 0.25) is 0 Å². The monoisotopic (exact) mass is 675 g/mol. The SMILES string of the molecule is CC(C)C[C@@H]1NC(=O)[C@H](C)NC(=O)C[C@@H](C(=O)N[C@H](C)COc2ccccc2Oc2cccc(F)c2)N(C)Cc2cccc(c2)CNC1=O. The van der Waals surface area contributed by atoms with Crippen molar-refractivity contribution in [3.05, 3.63) is 89.7 Å². The van der Waals surface area contributed by atoms with E-state index in [2.05, 4.69) is 21.3 Å². The van der Waals surface area contributed by atoms with Crippen molar-refractivity contribution >= 4 is 23.6 Å². The van der Waals surface area contributed by atoms with Crippen LogP contribution in [-0.2, 0) is 32.3 Å². The van der Waals surface area contributed by atoms with E-state index in [4.69, 9.17) is 9.47 Å². The highest BCUT2D eigenvalue weighted by Gasteiger charge is 2.30. The molecule has 3 aromatic carbocycles. The summed E-state index contributed by atoms with van der Waals surface area (Å²) in [6.45, 7) is 7.94. The van der Waals surface area contributed by atoms with Gasteiger partial charge in [0.1, 0.15) is 30.3 Å². The molecule has 4 atom stereocenters. The number of hydrogen-bond donors (Lipinski definition) is 4. The second kappa shape index (κ2) is 17.4. The number of likely N-dealkylation sites (N-methyl/N-ethyl adjacent to an activating group) is 1. The molecule has 0 radical (unpaired) electrons. The molecule has 4 amide bonds. The molecule has 12 heteroatoms. The summed E-state index contributed by atoms with van der Waals surface area (Å²) in [4.78, 5) is 54.9. The molecule has 1 heterocycles. The van der Waals surface area contributed by atoms with Gasteiger partial charge in [0.2, 0.25) is 23.6 Å². The van der Waals surface area contributed by atoms with Gasteiger partial charge < -0.3 is 30.7 Å². The Balaban J connectivity index is 1.47. The minimum Gasteiger partial charge on any atom is -0.488 e. The molecule has 0 aromatic heterocycles. The summed E-state index contributed by atoms with van der Waals surface area (Å²) in [7, 11) is 1.75. The molecule has 0 saturated heterocycles. The average Bonchev–Trinajstić information content (AvgIpc) is 3.04. The summed E-state index contributed by atoms with van der Waals surface area (Å²) < 4.78 is 25.5. The average molecular weight is 676 g/mol. The van der Waals surface area contributed by atoms with Crippen LogP contribution >= 0.6 is 0 Å². The number of hydrogen-bond acceptors (Lipinski definition) is 7. The molecule has 0 aliphatic carbocycles. The maximum absolute atomic E-state index is 13.7.